The van der Waals surface area contributed by atoms with Crippen molar-refractivity contribution in [1.29, 1.82) is 0 Å². The normalized spacial score (nSPS) is 13.4. The van der Waals surface area contributed by atoms with Gasteiger partial charge in [0.05, 0.1) is 29.1 Å². The second kappa shape index (κ2) is 9.65. The molecule has 8 nitrogen and oxygen atoms in total. The highest BCUT2D eigenvalue weighted by atomic mass is 16.3. The van der Waals surface area contributed by atoms with Gasteiger partial charge in [-0.1, -0.05) is 36.4 Å². The van der Waals surface area contributed by atoms with Crippen LogP contribution in [0.2, 0.25) is 0 Å². The first-order chi connectivity index (χ1) is 17.7. The predicted octanol–water partition coefficient (Wildman–Crippen LogP) is 4.66. The van der Waals surface area contributed by atoms with Gasteiger partial charge in [0, 0.05) is 31.4 Å². The number of amides is 1. The maximum absolute atomic E-state index is 13.4. The lowest BCUT2D eigenvalue weighted by molar-refractivity contribution is 0.0952. The van der Waals surface area contributed by atoms with Crippen molar-refractivity contribution in [2.24, 2.45) is 0 Å². The zero-order valence-corrected chi connectivity index (χ0v) is 19.8. The summed E-state index contributed by atoms with van der Waals surface area (Å²) in [5.41, 5.74) is 3.76. The topological polar surface area (TPSA) is 89.1 Å². The quantitative estimate of drug-likeness (QED) is 0.366. The summed E-state index contributed by atoms with van der Waals surface area (Å²) in [7, 11) is 0. The van der Waals surface area contributed by atoms with E-state index in [0.29, 0.717) is 35.4 Å². The summed E-state index contributed by atoms with van der Waals surface area (Å²) in [6.45, 7) is 2.92. The number of furan rings is 1. The number of pyridine rings is 2. The van der Waals surface area contributed by atoms with Gasteiger partial charge in [-0.3, -0.25) is 4.79 Å². The fraction of sp³-hybridized carbons (Fsp3) is 0.214. The van der Waals surface area contributed by atoms with Gasteiger partial charge in [0.15, 0.2) is 5.65 Å². The Morgan fingerprint density at radius 1 is 1.00 bits per heavy atom. The molecule has 0 spiro atoms. The van der Waals surface area contributed by atoms with Crippen LogP contribution in [0.15, 0.2) is 83.7 Å². The SMILES string of the molecule is O=C(NCc1ccc(N2CCCC2)nc1)c1cc(-c2ccccc2)nc2c1cnn2Cc1ccco1. The maximum Gasteiger partial charge on any atom is 0.252 e. The van der Waals surface area contributed by atoms with Crippen LogP contribution >= 0.6 is 0 Å². The minimum absolute atomic E-state index is 0.180. The number of carbonyl (C=O) groups is 1. The van der Waals surface area contributed by atoms with Crippen LogP contribution in [0.1, 0.15) is 34.5 Å². The lowest BCUT2D eigenvalue weighted by Crippen LogP contribution is -2.24. The second-order valence-corrected chi connectivity index (χ2v) is 8.94. The molecular formula is C28H26N6O2. The third-order valence-electron chi connectivity index (χ3n) is 6.50. The van der Waals surface area contributed by atoms with Crippen LogP contribution < -0.4 is 10.2 Å². The molecule has 5 heterocycles. The molecule has 5 aromatic rings. The number of nitrogens with one attached hydrogen (secondary N) is 1. The number of benzene rings is 1. The van der Waals surface area contributed by atoms with Crippen LogP contribution in [0.4, 0.5) is 5.82 Å². The molecule has 36 heavy (non-hydrogen) atoms. The van der Waals surface area contributed by atoms with E-state index in [0.717, 1.165) is 35.8 Å². The van der Waals surface area contributed by atoms with Gasteiger partial charge in [-0.05, 0) is 42.7 Å². The maximum atomic E-state index is 13.4. The van der Waals surface area contributed by atoms with Crippen molar-refractivity contribution in [3.05, 3.63) is 96.2 Å². The van der Waals surface area contributed by atoms with Crippen molar-refractivity contribution in [2.75, 3.05) is 18.0 Å². The second-order valence-electron chi connectivity index (χ2n) is 8.94. The Morgan fingerprint density at radius 3 is 2.61 bits per heavy atom. The molecule has 0 bridgehead atoms. The van der Waals surface area contributed by atoms with Gasteiger partial charge in [-0.2, -0.15) is 5.10 Å². The summed E-state index contributed by atoms with van der Waals surface area (Å²) in [5, 5.41) is 8.26. The van der Waals surface area contributed by atoms with Crippen LogP contribution in [-0.4, -0.2) is 38.7 Å². The average Bonchev–Trinajstić information content (AvgIpc) is 3.71. The zero-order valence-electron chi connectivity index (χ0n) is 19.8. The van der Waals surface area contributed by atoms with E-state index in [4.69, 9.17) is 9.40 Å². The summed E-state index contributed by atoms with van der Waals surface area (Å²) in [6.07, 6.45) is 7.59. The number of hydrogen-bond acceptors (Lipinski definition) is 6. The molecule has 1 fully saturated rings. The number of fused-ring (bicyclic) bond motifs is 1. The molecule has 1 aliphatic rings. The van der Waals surface area contributed by atoms with E-state index < -0.39 is 0 Å². The Bertz CT molecular complexity index is 1470. The van der Waals surface area contributed by atoms with Crippen LogP contribution in [0, 0.1) is 0 Å². The van der Waals surface area contributed by atoms with E-state index in [1.54, 1.807) is 17.1 Å². The van der Waals surface area contributed by atoms with Gasteiger partial charge in [0.2, 0.25) is 0 Å². The number of anilines is 1. The molecule has 1 aliphatic heterocycles. The average molecular weight is 479 g/mol. The first-order valence-corrected chi connectivity index (χ1v) is 12.2. The molecule has 1 aromatic carbocycles. The van der Waals surface area contributed by atoms with Gasteiger partial charge >= 0.3 is 0 Å². The predicted molar refractivity (Wildman–Crippen MR) is 138 cm³/mol. The fourth-order valence-corrected chi connectivity index (χ4v) is 4.59. The Labute approximate surface area is 208 Å². The van der Waals surface area contributed by atoms with Crippen molar-refractivity contribution < 1.29 is 9.21 Å². The molecule has 0 unspecified atom stereocenters. The molecule has 8 heteroatoms. The Balaban J connectivity index is 1.28. The molecule has 0 radical (unpaired) electrons. The molecule has 0 atom stereocenters. The largest absolute Gasteiger partial charge is 0.467 e. The van der Waals surface area contributed by atoms with Gasteiger partial charge in [-0.25, -0.2) is 14.6 Å². The highest BCUT2D eigenvalue weighted by Crippen LogP contribution is 2.26. The van der Waals surface area contributed by atoms with Gasteiger partial charge in [0.25, 0.3) is 5.91 Å². The van der Waals surface area contributed by atoms with E-state index in [1.165, 1.54) is 12.8 Å². The summed E-state index contributed by atoms with van der Waals surface area (Å²) < 4.78 is 7.26. The minimum Gasteiger partial charge on any atom is -0.467 e. The highest BCUT2D eigenvalue weighted by molar-refractivity contribution is 6.06. The van der Waals surface area contributed by atoms with Crippen molar-refractivity contribution in [1.82, 2.24) is 25.1 Å². The first kappa shape index (κ1) is 22.0. The number of rotatable bonds is 7. The van der Waals surface area contributed by atoms with E-state index in [9.17, 15) is 4.79 Å². The number of nitrogens with zero attached hydrogens (tertiary/aromatic N) is 5. The summed E-state index contributed by atoms with van der Waals surface area (Å²) >= 11 is 0. The molecule has 1 N–H and O–H groups in total. The standard InChI is InChI=1S/C28H26N6O2/c35-28(30-17-20-10-11-26(29-16-20)33-12-4-5-13-33)23-15-25(21-7-2-1-3-8-21)32-27-24(23)18-31-34(27)19-22-9-6-14-36-22/h1-3,6-11,14-16,18H,4-5,12-13,17,19H2,(H,30,35). The Morgan fingerprint density at radius 2 is 1.86 bits per heavy atom. The number of carbonyl (C=O) groups excluding carboxylic acids is 1. The molecule has 4 aromatic heterocycles. The van der Waals surface area contributed by atoms with Crippen molar-refractivity contribution in [3.8, 4) is 11.3 Å². The smallest absolute Gasteiger partial charge is 0.252 e. The number of aromatic nitrogens is 4. The van der Waals surface area contributed by atoms with Crippen LogP contribution in [0.5, 0.6) is 0 Å². The molecule has 0 saturated carbocycles. The summed E-state index contributed by atoms with van der Waals surface area (Å²) in [5.74, 6) is 1.58. The Kier molecular flexibility index (Phi) is 5.91. The van der Waals surface area contributed by atoms with Gasteiger partial charge in [0.1, 0.15) is 18.1 Å². The highest BCUT2D eigenvalue weighted by Gasteiger charge is 2.18. The summed E-state index contributed by atoms with van der Waals surface area (Å²) in [6, 6.07) is 19.5. The van der Waals surface area contributed by atoms with Crippen molar-refractivity contribution in [2.45, 2.75) is 25.9 Å². The molecule has 180 valence electrons. The van der Waals surface area contributed by atoms with E-state index in [1.807, 2.05) is 66.9 Å². The van der Waals surface area contributed by atoms with Crippen molar-refractivity contribution >= 4 is 22.8 Å². The number of hydrogen-bond donors (Lipinski definition) is 1. The molecule has 6 rings (SSSR count). The summed E-state index contributed by atoms with van der Waals surface area (Å²) in [4.78, 5) is 25.1. The zero-order chi connectivity index (χ0) is 24.3. The third-order valence-corrected chi connectivity index (χ3v) is 6.50. The van der Waals surface area contributed by atoms with Crippen LogP contribution in [0.25, 0.3) is 22.3 Å². The first-order valence-electron chi connectivity index (χ1n) is 12.2. The van der Waals surface area contributed by atoms with E-state index >= 15 is 0 Å². The lowest BCUT2D eigenvalue weighted by Gasteiger charge is -2.16. The minimum atomic E-state index is -0.180. The van der Waals surface area contributed by atoms with E-state index in [2.05, 4.69) is 20.3 Å². The molecule has 0 aliphatic carbocycles. The van der Waals surface area contributed by atoms with Crippen LogP contribution in [0.3, 0.4) is 0 Å². The lowest BCUT2D eigenvalue weighted by atomic mass is 10.1. The van der Waals surface area contributed by atoms with Gasteiger partial charge in [-0.15, -0.1) is 0 Å². The molecular weight excluding hydrogens is 452 g/mol. The molecule has 1 saturated heterocycles. The van der Waals surface area contributed by atoms with E-state index in [-0.39, 0.29) is 5.91 Å². The van der Waals surface area contributed by atoms with Crippen LogP contribution in [-0.2, 0) is 13.1 Å². The third kappa shape index (κ3) is 4.45. The monoisotopic (exact) mass is 478 g/mol. The fourth-order valence-electron chi connectivity index (χ4n) is 4.59. The Hall–Kier alpha value is -4.46. The molecule has 1 amide bonds. The van der Waals surface area contributed by atoms with Gasteiger partial charge < -0.3 is 14.6 Å². The van der Waals surface area contributed by atoms with Crippen molar-refractivity contribution in [3.63, 3.8) is 0 Å².